The van der Waals surface area contributed by atoms with E-state index >= 15 is 0 Å². The first-order chi connectivity index (χ1) is 6.77. The highest BCUT2D eigenvalue weighted by Crippen LogP contribution is 2.25. The molecule has 0 atom stereocenters. The number of benzene rings is 1. The van der Waals surface area contributed by atoms with Crippen molar-refractivity contribution in [2.45, 2.75) is 6.42 Å². The lowest BCUT2D eigenvalue weighted by Gasteiger charge is -2.05. The van der Waals surface area contributed by atoms with Crippen molar-refractivity contribution in [3.8, 4) is 5.75 Å². The van der Waals surface area contributed by atoms with E-state index < -0.39 is 0 Å². The Morgan fingerprint density at radius 2 is 2.36 bits per heavy atom. The van der Waals surface area contributed by atoms with Gasteiger partial charge < -0.3 is 4.74 Å². The average molecular weight is 256 g/mol. The molecule has 0 fully saturated rings. The third kappa shape index (κ3) is 2.94. The van der Waals surface area contributed by atoms with Crippen LogP contribution < -0.4 is 4.74 Å². The number of methoxy groups -OCH3 is 1. The summed E-state index contributed by atoms with van der Waals surface area (Å²) in [6.45, 7) is 0.473. The predicted molar refractivity (Wildman–Crippen MR) is 58.4 cm³/mol. The number of azide groups is 1. The number of rotatable bonds is 4. The van der Waals surface area contributed by atoms with E-state index in [-0.39, 0.29) is 0 Å². The fraction of sp³-hybridized carbons (Fsp3) is 0.333. The van der Waals surface area contributed by atoms with Gasteiger partial charge in [0.25, 0.3) is 0 Å². The summed E-state index contributed by atoms with van der Waals surface area (Å²) in [5, 5.41) is 3.47. The first kappa shape index (κ1) is 10.9. The van der Waals surface area contributed by atoms with Gasteiger partial charge in [-0.25, -0.2) is 0 Å². The summed E-state index contributed by atoms with van der Waals surface area (Å²) in [5.41, 5.74) is 9.21. The van der Waals surface area contributed by atoms with E-state index in [0.29, 0.717) is 6.54 Å². The van der Waals surface area contributed by atoms with Crippen LogP contribution in [0.5, 0.6) is 5.75 Å². The van der Waals surface area contributed by atoms with Crippen LogP contribution in [0.1, 0.15) is 5.56 Å². The molecule has 0 N–H and O–H groups in total. The van der Waals surface area contributed by atoms with E-state index in [2.05, 4.69) is 26.0 Å². The minimum absolute atomic E-state index is 0.473. The number of halogens is 1. The summed E-state index contributed by atoms with van der Waals surface area (Å²) < 4.78 is 6.07. The van der Waals surface area contributed by atoms with Crippen LogP contribution in [0.15, 0.2) is 27.8 Å². The van der Waals surface area contributed by atoms with Gasteiger partial charge in [0.15, 0.2) is 0 Å². The van der Waals surface area contributed by atoms with Crippen LogP contribution in [0.3, 0.4) is 0 Å². The van der Waals surface area contributed by atoms with Gasteiger partial charge in [-0.05, 0) is 45.6 Å². The minimum Gasteiger partial charge on any atom is -0.496 e. The Hall–Kier alpha value is -1.19. The highest BCUT2D eigenvalue weighted by atomic mass is 79.9. The molecule has 1 aromatic rings. The molecule has 0 aliphatic rings. The second kappa shape index (κ2) is 5.52. The molecular weight excluding hydrogens is 246 g/mol. The Bertz CT molecular complexity index is 361. The van der Waals surface area contributed by atoms with Gasteiger partial charge in [0.1, 0.15) is 5.75 Å². The zero-order chi connectivity index (χ0) is 10.4. The number of nitrogens with zero attached hydrogens (tertiary/aromatic N) is 3. The van der Waals surface area contributed by atoms with E-state index in [1.54, 1.807) is 7.11 Å². The van der Waals surface area contributed by atoms with E-state index in [4.69, 9.17) is 10.3 Å². The molecule has 0 bridgehead atoms. The normalized spacial score (nSPS) is 9.29. The summed E-state index contributed by atoms with van der Waals surface area (Å²) in [5.74, 6) is 0.795. The van der Waals surface area contributed by atoms with Gasteiger partial charge in [-0.3, -0.25) is 0 Å². The fourth-order valence-corrected chi connectivity index (χ4v) is 1.49. The molecule has 0 aliphatic carbocycles. The Labute approximate surface area is 90.6 Å². The Morgan fingerprint density at radius 1 is 1.57 bits per heavy atom. The Morgan fingerprint density at radius 3 is 3.00 bits per heavy atom. The molecule has 0 amide bonds. The zero-order valence-electron chi connectivity index (χ0n) is 7.77. The molecule has 1 aromatic carbocycles. The molecule has 74 valence electrons. The van der Waals surface area contributed by atoms with Crippen LogP contribution in [0.4, 0.5) is 0 Å². The molecule has 4 nitrogen and oxygen atoms in total. The lowest BCUT2D eigenvalue weighted by molar-refractivity contribution is 0.411. The SMILES string of the molecule is COc1cc(CCN=[N+]=[N-])ccc1Br. The summed E-state index contributed by atoms with van der Waals surface area (Å²) in [7, 11) is 1.62. The first-order valence-corrected chi connectivity index (χ1v) is 4.90. The molecule has 0 saturated carbocycles. The molecule has 0 spiro atoms. The van der Waals surface area contributed by atoms with E-state index in [1.165, 1.54) is 0 Å². The average Bonchev–Trinajstić information content (AvgIpc) is 2.21. The standard InChI is InChI=1S/C9H10BrN3O/c1-14-9-6-7(2-3-8(9)10)4-5-12-13-11/h2-3,6H,4-5H2,1H3. The van der Waals surface area contributed by atoms with Crippen molar-refractivity contribution in [1.82, 2.24) is 0 Å². The lowest BCUT2D eigenvalue weighted by atomic mass is 10.1. The largest absolute Gasteiger partial charge is 0.496 e. The van der Waals surface area contributed by atoms with Crippen molar-refractivity contribution < 1.29 is 4.74 Å². The highest BCUT2D eigenvalue weighted by Gasteiger charge is 2.00. The van der Waals surface area contributed by atoms with E-state index in [1.807, 2.05) is 18.2 Å². The van der Waals surface area contributed by atoms with E-state index in [9.17, 15) is 0 Å². The van der Waals surface area contributed by atoms with Gasteiger partial charge in [0.05, 0.1) is 11.6 Å². The molecule has 0 saturated heterocycles. The summed E-state index contributed by atoms with van der Waals surface area (Å²) in [6.07, 6.45) is 0.730. The van der Waals surface area contributed by atoms with Crippen LogP contribution in [-0.2, 0) is 6.42 Å². The maximum Gasteiger partial charge on any atom is 0.133 e. The number of hydrogen-bond donors (Lipinski definition) is 0. The van der Waals surface area contributed by atoms with Crippen LogP contribution in [-0.4, -0.2) is 13.7 Å². The predicted octanol–water partition coefficient (Wildman–Crippen LogP) is 3.31. The highest BCUT2D eigenvalue weighted by molar-refractivity contribution is 9.10. The van der Waals surface area contributed by atoms with Gasteiger partial charge in [0.2, 0.25) is 0 Å². The molecule has 14 heavy (non-hydrogen) atoms. The molecule has 0 aromatic heterocycles. The van der Waals surface area contributed by atoms with Crippen molar-refractivity contribution in [1.29, 1.82) is 0 Å². The van der Waals surface area contributed by atoms with Crippen molar-refractivity contribution in [2.24, 2.45) is 5.11 Å². The molecule has 0 heterocycles. The first-order valence-electron chi connectivity index (χ1n) is 4.11. The van der Waals surface area contributed by atoms with Crippen molar-refractivity contribution in [2.75, 3.05) is 13.7 Å². The van der Waals surface area contributed by atoms with Gasteiger partial charge in [-0.1, -0.05) is 11.2 Å². The smallest absolute Gasteiger partial charge is 0.133 e. The third-order valence-corrected chi connectivity index (χ3v) is 2.43. The van der Waals surface area contributed by atoms with Crippen molar-refractivity contribution in [3.63, 3.8) is 0 Å². The monoisotopic (exact) mass is 255 g/mol. The van der Waals surface area contributed by atoms with Gasteiger partial charge in [-0.15, -0.1) is 0 Å². The van der Waals surface area contributed by atoms with Crippen LogP contribution in [0.25, 0.3) is 10.4 Å². The number of hydrogen-bond acceptors (Lipinski definition) is 2. The quantitative estimate of drug-likeness (QED) is 0.463. The van der Waals surface area contributed by atoms with Gasteiger partial charge in [-0.2, -0.15) is 0 Å². The Kier molecular flexibility index (Phi) is 4.29. The van der Waals surface area contributed by atoms with Gasteiger partial charge in [0, 0.05) is 11.5 Å². The lowest BCUT2D eigenvalue weighted by Crippen LogP contribution is -1.91. The fourth-order valence-electron chi connectivity index (χ4n) is 1.08. The van der Waals surface area contributed by atoms with Crippen molar-refractivity contribution in [3.05, 3.63) is 38.7 Å². The summed E-state index contributed by atoms with van der Waals surface area (Å²) in [6, 6.07) is 5.82. The minimum atomic E-state index is 0.473. The zero-order valence-corrected chi connectivity index (χ0v) is 9.36. The van der Waals surface area contributed by atoms with Gasteiger partial charge >= 0.3 is 0 Å². The maximum absolute atomic E-state index is 8.12. The van der Waals surface area contributed by atoms with E-state index in [0.717, 1.165) is 22.2 Å². The molecule has 0 aliphatic heterocycles. The second-order valence-electron chi connectivity index (χ2n) is 2.67. The summed E-state index contributed by atoms with van der Waals surface area (Å²) >= 11 is 3.37. The molecule has 0 radical (unpaired) electrons. The molecule has 0 unspecified atom stereocenters. The maximum atomic E-state index is 8.12. The summed E-state index contributed by atoms with van der Waals surface area (Å²) in [4.78, 5) is 2.70. The van der Waals surface area contributed by atoms with Crippen LogP contribution in [0.2, 0.25) is 0 Å². The topological polar surface area (TPSA) is 58.0 Å². The molecular formula is C9H10BrN3O. The van der Waals surface area contributed by atoms with Crippen molar-refractivity contribution >= 4 is 15.9 Å². The van der Waals surface area contributed by atoms with Crippen LogP contribution >= 0.6 is 15.9 Å². The van der Waals surface area contributed by atoms with Crippen LogP contribution in [0, 0.1) is 0 Å². The Balaban J connectivity index is 2.73. The molecule has 1 rings (SSSR count). The molecule has 5 heteroatoms. The number of ether oxygens (including phenoxy) is 1. The second-order valence-corrected chi connectivity index (χ2v) is 3.53. The third-order valence-electron chi connectivity index (χ3n) is 1.78.